The predicted molar refractivity (Wildman–Crippen MR) is 110 cm³/mol. The van der Waals surface area contributed by atoms with Crippen LogP contribution in [-0.2, 0) is 6.18 Å². The largest absolute Gasteiger partial charge is 0.433 e. The molecule has 0 aliphatic heterocycles. The zero-order chi connectivity index (χ0) is 22.3. The van der Waals surface area contributed by atoms with Crippen molar-refractivity contribution < 1.29 is 18.0 Å². The Hall–Kier alpha value is -3.46. The van der Waals surface area contributed by atoms with E-state index < -0.39 is 23.6 Å². The molecule has 0 saturated heterocycles. The van der Waals surface area contributed by atoms with E-state index in [0.717, 1.165) is 11.6 Å². The summed E-state index contributed by atoms with van der Waals surface area (Å²) in [5.74, 6) is -1.56. The van der Waals surface area contributed by atoms with Gasteiger partial charge in [0.15, 0.2) is 5.69 Å². The molecule has 0 bridgehead atoms. The van der Waals surface area contributed by atoms with Crippen molar-refractivity contribution in [3.63, 3.8) is 0 Å². The zero-order valence-corrected chi connectivity index (χ0v) is 17.1. The van der Waals surface area contributed by atoms with Gasteiger partial charge in [0.1, 0.15) is 0 Å². The number of aromatic nitrogens is 4. The smallest absolute Gasteiger partial charge is 0.319 e. The fourth-order valence-corrected chi connectivity index (χ4v) is 3.13. The van der Waals surface area contributed by atoms with Crippen molar-refractivity contribution in [2.75, 3.05) is 5.32 Å². The maximum Gasteiger partial charge on any atom is 0.433 e. The van der Waals surface area contributed by atoms with E-state index in [1.807, 2.05) is 6.92 Å². The molecule has 0 aliphatic carbocycles. The van der Waals surface area contributed by atoms with Crippen LogP contribution in [-0.4, -0.2) is 25.5 Å². The number of rotatable bonds is 3. The molecule has 0 unspecified atom stereocenters. The van der Waals surface area contributed by atoms with Crippen molar-refractivity contribution in [2.45, 2.75) is 20.0 Å². The standard InChI is InChI=1S/C21H15ClF3N5O/c1-11-6-8-13(9-7-11)16-10-17(21(23,24)25)30-20(27-16)28-18(29-30)19(31)26-15-5-3-4-14(22)12(15)2/h3-10H,1-2H3,(H,26,31). The minimum absolute atomic E-state index is 0.0740. The first kappa shape index (κ1) is 20.8. The Morgan fingerprint density at radius 1 is 1.06 bits per heavy atom. The third-order valence-corrected chi connectivity index (χ3v) is 5.08. The summed E-state index contributed by atoms with van der Waals surface area (Å²) in [5.41, 5.74) is 1.45. The lowest BCUT2D eigenvalue weighted by Gasteiger charge is -2.10. The number of carbonyl (C=O) groups excluding carboxylic acids is 1. The second kappa shape index (κ2) is 7.66. The normalized spacial score (nSPS) is 11.7. The first-order valence-electron chi connectivity index (χ1n) is 9.12. The molecule has 2 aromatic carbocycles. The van der Waals surface area contributed by atoms with Crippen LogP contribution in [0, 0.1) is 13.8 Å². The molecule has 0 spiro atoms. The number of halogens is 4. The third-order valence-electron chi connectivity index (χ3n) is 4.67. The van der Waals surface area contributed by atoms with E-state index in [2.05, 4.69) is 20.4 Å². The molecule has 0 atom stereocenters. The Balaban J connectivity index is 1.79. The van der Waals surface area contributed by atoms with Gasteiger partial charge in [-0.2, -0.15) is 22.7 Å². The van der Waals surface area contributed by atoms with Crippen molar-refractivity contribution in [3.05, 3.63) is 76.2 Å². The molecule has 158 valence electrons. The van der Waals surface area contributed by atoms with Crippen LogP contribution < -0.4 is 5.32 Å². The van der Waals surface area contributed by atoms with Gasteiger partial charge in [0.2, 0.25) is 5.82 Å². The number of amides is 1. The molecule has 0 saturated carbocycles. The molecule has 0 radical (unpaired) electrons. The Morgan fingerprint density at radius 2 is 1.77 bits per heavy atom. The number of aryl methyl sites for hydroxylation is 1. The lowest BCUT2D eigenvalue weighted by Crippen LogP contribution is -2.16. The second-order valence-corrected chi connectivity index (χ2v) is 7.31. The van der Waals surface area contributed by atoms with Gasteiger partial charge in [0.25, 0.3) is 11.7 Å². The van der Waals surface area contributed by atoms with Crippen LogP contribution in [0.5, 0.6) is 0 Å². The summed E-state index contributed by atoms with van der Waals surface area (Å²) in [6.07, 6.45) is -4.73. The summed E-state index contributed by atoms with van der Waals surface area (Å²) in [6, 6.07) is 12.7. The maximum absolute atomic E-state index is 13.7. The van der Waals surface area contributed by atoms with Gasteiger partial charge < -0.3 is 5.32 Å². The fraction of sp³-hybridized carbons (Fsp3) is 0.143. The van der Waals surface area contributed by atoms with Gasteiger partial charge in [0, 0.05) is 16.3 Å². The lowest BCUT2D eigenvalue weighted by atomic mass is 10.1. The van der Waals surface area contributed by atoms with E-state index in [-0.39, 0.29) is 11.5 Å². The van der Waals surface area contributed by atoms with E-state index in [1.165, 1.54) is 0 Å². The monoisotopic (exact) mass is 445 g/mol. The molecule has 1 N–H and O–H groups in total. The van der Waals surface area contributed by atoms with E-state index in [9.17, 15) is 18.0 Å². The van der Waals surface area contributed by atoms with Crippen molar-refractivity contribution in [3.8, 4) is 11.3 Å². The topological polar surface area (TPSA) is 72.2 Å². The van der Waals surface area contributed by atoms with Crippen molar-refractivity contribution >= 4 is 29.0 Å². The Bertz CT molecular complexity index is 1300. The van der Waals surface area contributed by atoms with Crippen LogP contribution in [0.1, 0.15) is 27.4 Å². The number of nitrogens with one attached hydrogen (secondary N) is 1. The van der Waals surface area contributed by atoms with Crippen LogP contribution in [0.15, 0.2) is 48.5 Å². The minimum atomic E-state index is -4.73. The number of benzene rings is 2. The van der Waals surface area contributed by atoms with Gasteiger partial charge in [0.05, 0.1) is 5.69 Å². The third kappa shape index (κ3) is 4.09. The average Bonchev–Trinajstić information content (AvgIpc) is 3.14. The molecule has 2 aromatic heterocycles. The van der Waals surface area contributed by atoms with E-state index >= 15 is 0 Å². The first-order chi connectivity index (χ1) is 14.6. The molecule has 0 fully saturated rings. The molecule has 4 rings (SSSR count). The molecule has 2 heterocycles. The summed E-state index contributed by atoms with van der Waals surface area (Å²) in [4.78, 5) is 20.7. The molecule has 1 amide bonds. The van der Waals surface area contributed by atoms with Crippen LogP contribution in [0.3, 0.4) is 0 Å². The van der Waals surface area contributed by atoms with Gasteiger partial charge in [-0.25, -0.2) is 4.98 Å². The Morgan fingerprint density at radius 3 is 2.45 bits per heavy atom. The van der Waals surface area contributed by atoms with E-state index in [4.69, 9.17) is 11.6 Å². The van der Waals surface area contributed by atoms with Gasteiger partial charge >= 0.3 is 6.18 Å². The number of fused-ring (bicyclic) bond motifs is 1. The maximum atomic E-state index is 13.7. The molecular formula is C21H15ClF3N5O. The SMILES string of the molecule is Cc1ccc(-c2cc(C(F)(F)F)n3nc(C(=O)Nc4cccc(Cl)c4C)nc3n2)cc1. The summed E-state index contributed by atoms with van der Waals surface area (Å²) < 4.78 is 41.6. The average molecular weight is 446 g/mol. The van der Waals surface area contributed by atoms with Crippen molar-refractivity contribution in [1.29, 1.82) is 0 Å². The lowest BCUT2D eigenvalue weighted by molar-refractivity contribution is -0.142. The summed E-state index contributed by atoms with van der Waals surface area (Å²) in [5, 5.41) is 6.76. The number of carbonyl (C=O) groups is 1. The molecule has 10 heteroatoms. The first-order valence-corrected chi connectivity index (χ1v) is 9.50. The van der Waals surface area contributed by atoms with Gasteiger partial charge in [-0.05, 0) is 37.6 Å². The summed E-state index contributed by atoms with van der Waals surface area (Å²) >= 11 is 6.04. The molecule has 0 aliphatic rings. The van der Waals surface area contributed by atoms with Gasteiger partial charge in [-0.15, -0.1) is 5.10 Å². The van der Waals surface area contributed by atoms with Crippen LogP contribution >= 0.6 is 11.6 Å². The van der Waals surface area contributed by atoms with Crippen molar-refractivity contribution in [2.24, 2.45) is 0 Å². The fourth-order valence-electron chi connectivity index (χ4n) is 2.96. The molecule has 4 aromatic rings. The quantitative estimate of drug-likeness (QED) is 0.462. The minimum Gasteiger partial charge on any atom is -0.319 e. The summed E-state index contributed by atoms with van der Waals surface area (Å²) in [7, 11) is 0. The van der Waals surface area contributed by atoms with Crippen LogP contribution in [0.2, 0.25) is 5.02 Å². The second-order valence-electron chi connectivity index (χ2n) is 6.90. The van der Waals surface area contributed by atoms with Crippen molar-refractivity contribution in [1.82, 2.24) is 19.6 Å². The Labute approximate surface area is 179 Å². The number of nitrogens with zero attached hydrogens (tertiary/aromatic N) is 4. The van der Waals surface area contributed by atoms with Crippen LogP contribution in [0.25, 0.3) is 17.0 Å². The van der Waals surface area contributed by atoms with Gasteiger partial charge in [-0.3, -0.25) is 4.79 Å². The predicted octanol–water partition coefficient (Wildman–Crippen LogP) is 5.33. The van der Waals surface area contributed by atoms with E-state index in [0.29, 0.717) is 26.4 Å². The Kier molecular flexibility index (Phi) is 5.14. The summed E-state index contributed by atoms with van der Waals surface area (Å²) in [6.45, 7) is 3.57. The molecular weight excluding hydrogens is 431 g/mol. The molecule has 31 heavy (non-hydrogen) atoms. The molecule has 6 nitrogen and oxygen atoms in total. The highest BCUT2D eigenvalue weighted by Crippen LogP contribution is 2.32. The number of alkyl halides is 3. The number of anilines is 1. The van der Waals surface area contributed by atoms with Crippen LogP contribution in [0.4, 0.5) is 18.9 Å². The number of hydrogen-bond acceptors (Lipinski definition) is 4. The number of hydrogen-bond donors (Lipinski definition) is 1. The van der Waals surface area contributed by atoms with Gasteiger partial charge in [-0.1, -0.05) is 47.5 Å². The highest BCUT2D eigenvalue weighted by molar-refractivity contribution is 6.31. The highest BCUT2D eigenvalue weighted by Gasteiger charge is 2.36. The van der Waals surface area contributed by atoms with E-state index in [1.54, 1.807) is 49.4 Å². The zero-order valence-electron chi connectivity index (χ0n) is 16.3. The highest BCUT2D eigenvalue weighted by atomic mass is 35.5.